The fourth-order valence-corrected chi connectivity index (χ4v) is 4.10. The molecule has 116 valence electrons. The lowest BCUT2D eigenvalue weighted by Crippen LogP contribution is -2.40. The molecule has 0 aliphatic carbocycles. The van der Waals surface area contributed by atoms with Crippen molar-refractivity contribution in [2.75, 3.05) is 23.9 Å². The van der Waals surface area contributed by atoms with Crippen LogP contribution in [0.1, 0.15) is 24.9 Å². The monoisotopic (exact) mass is 311 g/mol. The van der Waals surface area contributed by atoms with E-state index in [1.165, 1.54) is 4.90 Å². The molecule has 2 amide bonds. The highest BCUT2D eigenvalue weighted by Gasteiger charge is 2.32. The second-order valence-electron chi connectivity index (χ2n) is 5.51. The Kier molecular flexibility index (Phi) is 4.53. The van der Waals surface area contributed by atoms with Crippen molar-refractivity contribution in [3.05, 3.63) is 29.8 Å². The van der Waals surface area contributed by atoms with Gasteiger partial charge in [0, 0.05) is 24.8 Å². The molecule has 3 N–H and O–H groups in total. The van der Waals surface area contributed by atoms with Gasteiger partial charge in [0.05, 0.1) is 11.5 Å². The van der Waals surface area contributed by atoms with Gasteiger partial charge in [0.1, 0.15) is 0 Å². The Morgan fingerprint density at radius 3 is 2.48 bits per heavy atom. The normalized spacial score (nSPS) is 21.8. The Morgan fingerprint density at radius 2 is 2.00 bits per heavy atom. The van der Waals surface area contributed by atoms with Gasteiger partial charge >= 0.3 is 6.03 Å². The zero-order chi connectivity index (χ0) is 15.6. The number of nitrogens with two attached hydrogens (primary N) is 1. The Morgan fingerprint density at radius 1 is 1.38 bits per heavy atom. The van der Waals surface area contributed by atoms with E-state index < -0.39 is 9.84 Å². The van der Waals surface area contributed by atoms with Crippen molar-refractivity contribution in [2.24, 2.45) is 5.73 Å². The van der Waals surface area contributed by atoms with E-state index >= 15 is 0 Å². The maximum absolute atomic E-state index is 12.1. The van der Waals surface area contributed by atoms with Gasteiger partial charge in [-0.25, -0.2) is 13.2 Å². The average molecular weight is 311 g/mol. The van der Waals surface area contributed by atoms with Crippen molar-refractivity contribution in [3.8, 4) is 0 Å². The lowest BCUT2D eigenvalue weighted by Gasteiger charge is -2.23. The van der Waals surface area contributed by atoms with E-state index in [0.717, 1.165) is 5.56 Å². The summed E-state index contributed by atoms with van der Waals surface area (Å²) in [5.41, 5.74) is 7.42. The fourth-order valence-electron chi connectivity index (χ4n) is 2.33. The van der Waals surface area contributed by atoms with Crippen LogP contribution >= 0.6 is 0 Å². The van der Waals surface area contributed by atoms with Gasteiger partial charge in [0.25, 0.3) is 0 Å². The third-order valence-corrected chi connectivity index (χ3v) is 5.51. The second kappa shape index (κ2) is 6.03. The van der Waals surface area contributed by atoms with E-state index in [-0.39, 0.29) is 29.6 Å². The van der Waals surface area contributed by atoms with Crippen molar-refractivity contribution >= 4 is 21.6 Å². The van der Waals surface area contributed by atoms with Gasteiger partial charge in [-0.15, -0.1) is 0 Å². The molecule has 0 radical (unpaired) electrons. The molecular formula is C14H21N3O3S. The standard InChI is InChI=1S/C14H21N3O3S/c1-10(15)11-3-5-12(6-4-11)16-14(18)17(2)13-7-8-21(19,20)9-13/h3-6,10,13H,7-9,15H2,1-2H3,(H,16,18). The summed E-state index contributed by atoms with van der Waals surface area (Å²) in [5, 5.41) is 2.76. The number of anilines is 1. The van der Waals surface area contributed by atoms with Crippen LogP contribution in [0.3, 0.4) is 0 Å². The van der Waals surface area contributed by atoms with Crippen LogP contribution in [0.5, 0.6) is 0 Å². The zero-order valence-electron chi connectivity index (χ0n) is 12.2. The first-order chi connectivity index (χ1) is 9.78. The van der Waals surface area contributed by atoms with E-state index in [0.29, 0.717) is 12.1 Å². The van der Waals surface area contributed by atoms with Gasteiger partial charge in [-0.2, -0.15) is 0 Å². The number of nitrogens with zero attached hydrogens (tertiary/aromatic N) is 1. The van der Waals surface area contributed by atoms with Gasteiger partial charge in [0.2, 0.25) is 0 Å². The zero-order valence-corrected chi connectivity index (χ0v) is 13.1. The third-order valence-electron chi connectivity index (χ3n) is 3.76. The van der Waals surface area contributed by atoms with Crippen LogP contribution in [-0.2, 0) is 9.84 Å². The van der Waals surface area contributed by atoms with E-state index in [1.807, 2.05) is 19.1 Å². The van der Waals surface area contributed by atoms with Crippen LogP contribution in [-0.4, -0.2) is 43.9 Å². The fraction of sp³-hybridized carbons (Fsp3) is 0.500. The molecule has 21 heavy (non-hydrogen) atoms. The van der Waals surface area contributed by atoms with Gasteiger partial charge in [0.15, 0.2) is 9.84 Å². The van der Waals surface area contributed by atoms with Crippen molar-refractivity contribution in [3.63, 3.8) is 0 Å². The summed E-state index contributed by atoms with van der Waals surface area (Å²) >= 11 is 0. The molecule has 1 saturated heterocycles. The van der Waals surface area contributed by atoms with Gasteiger partial charge in [-0.1, -0.05) is 12.1 Å². The summed E-state index contributed by atoms with van der Waals surface area (Å²) < 4.78 is 22.9. The maximum Gasteiger partial charge on any atom is 0.321 e. The summed E-state index contributed by atoms with van der Waals surface area (Å²) in [4.78, 5) is 13.6. The van der Waals surface area contributed by atoms with Crippen LogP contribution in [0.4, 0.5) is 10.5 Å². The second-order valence-corrected chi connectivity index (χ2v) is 7.74. The van der Waals surface area contributed by atoms with E-state index in [1.54, 1.807) is 19.2 Å². The Bertz CT molecular complexity index is 611. The molecular weight excluding hydrogens is 290 g/mol. The highest BCUT2D eigenvalue weighted by atomic mass is 32.2. The molecule has 1 fully saturated rings. The molecule has 0 saturated carbocycles. The van der Waals surface area contributed by atoms with E-state index in [4.69, 9.17) is 5.73 Å². The quantitative estimate of drug-likeness (QED) is 0.881. The summed E-state index contributed by atoms with van der Waals surface area (Å²) in [6.07, 6.45) is 0.496. The molecule has 2 rings (SSSR count). The molecule has 2 atom stereocenters. The predicted molar refractivity (Wildman–Crippen MR) is 82.9 cm³/mol. The SMILES string of the molecule is CC(N)c1ccc(NC(=O)N(C)C2CCS(=O)(=O)C2)cc1. The maximum atomic E-state index is 12.1. The molecule has 0 spiro atoms. The van der Waals surface area contributed by atoms with Crippen molar-refractivity contribution < 1.29 is 13.2 Å². The number of amides is 2. The first-order valence-corrected chi connectivity index (χ1v) is 8.70. The highest BCUT2D eigenvalue weighted by Crippen LogP contribution is 2.18. The Balaban J connectivity index is 1.98. The van der Waals surface area contributed by atoms with Crippen molar-refractivity contribution in [2.45, 2.75) is 25.4 Å². The summed E-state index contributed by atoms with van der Waals surface area (Å²) in [5.74, 6) is 0.193. The number of hydrogen-bond donors (Lipinski definition) is 2. The highest BCUT2D eigenvalue weighted by molar-refractivity contribution is 7.91. The molecule has 2 unspecified atom stereocenters. The molecule has 1 aromatic carbocycles. The smallest absolute Gasteiger partial charge is 0.321 e. The van der Waals surface area contributed by atoms with Crippen LogP contribution in [0.2, 0.25) is 0 Å². The third kappa shape index (κ3) is 3.95. The van der Waals surface area contributed by atoms with Gasteiger partial charge in [-0.05, 0) is 31.0 Å². The molecule has 6 nitrogen and oxygen atoms in total. The molecule has 1 aliphatic heterocycles. The molecule has 1 aromatic rings. The molecule has 0 aromatic heterocycles. The number of nitrogens with one attached hydrogen (secondary N) is 1. The van der Waals surface area contributed by atoms with Crippen LogP contribution in [0, 0.1) is 0 Å². The summed E-state index contributed by atoms with van der Waals surface area (Å²) in [7, 11) is -1.38. The summed E-state index contributed by atoms with van der Waals surface area (Å²) in [6.45, 7) is 1.89. The number of carbonyl (C=O) groups is 1. The average Bonchev–Trinajstić information content (AvgIpc) is 2.78. The Labute approximate surface area is 125 Å². The lowest BCUT2D eigenvalue weighted by atomic mass is 10.1. The summed E-state index contributed by atoms with van der Waals surface area (Å²) in [6, 6.07) is 6.69. The Hall–Kier alpha value is -1.60. The van der Waals surface area contributed by atoms with Gasteiger partial charge in [-0.3, -0.25) is 0 Å². The van der Waals surface area contributed by atoms with Crippen LogP contribution in [0.15, 0.2) is 24.3 Å². The number of urea groups is 1. The first kappa shape index (κ1) is 15.8. The molecule has 1 aliphatic rings. The predicted octanol–water partition coefficient (Wildman–Crippen LogP) is 1.36. The topological polar surface area (TPSA) is 92.5 Å². The molecule has 7 heteroatoms. The number of rotatable bonds is 3. The largest absolute Gasteiger partial charge is 0.324 e. The lowest BCUT2D eigenvalue weighted by molar-refractivity contribution is 0.209. The van der Waals surface area contributed by atoms with E-state index in [2.05, 4.69) is 5.32 Å². The van der Waals surface area contributed by atoms with Crippen LogP contribution in [0.25, 0.3) is 0 Å². The van der Waals surface area contributed by atoms with Crippen LogP contribution < -0.4 is 11.1 Å². The first-order valence-electron chi connectivity index (χ1n) is 6.88. The van der Waals surface area contributed by atoms with Crippen molar-refractivity contribution in [1.29, 1.82) is 0 Å². The van der Waals surface area contributed by atoms with E-state index in [9.17, 15) is 13.2 Å². The number of hydrogen-bond acceptors (Lipinski definition) is 4. The van der Waals surface area contributed by atoms with Gasteiger partial charge < -0.3 is 16.0 Å². The van der Waals surface area contributed by atoms with Crippen molar-refractivity contribution in [1.82, 2.24) is 4.90 Å². The number of carbonyl (C=O) groups excluding carboxylic acids is 1. The minimum Gasteiger partial charge on any atom is -0.324 e. The minimum absolute atomic E-state index is 0.0422. The number of sulfone groups is 1. The minimum atomic E-state index is -3.00. The molecule has 0 bridgehead atoms. The molecule has 1 heterocycles. The number of benzene rings is 1.